The number of aromatic nitrogens is 1. The van der Waals surface area contributed by atoms with Crippen LogP contribution in [0.15, 0.2) is 91.8 Å². The predicted molar refractivity (Wildman–Crippen MR) is 164 cm³/mol. The van der Waals surface area contributed by atoms with Crippen molar-refractivity contribution >= 4 is 17.5 Å². The Bertz CT molecular complexity index is 1320. The first kappa shape index (κ1) is 28.6. The van der Waals surface area contributed by atoms with Crippen LogP contribution in [-0.4, -0.2) is 59.6 Å². The summed E-state index contributed by atoms with van der Waals surface area (Å²) in [6.45, 7) is 7.58. The van der Waals surface area contributed by atoms with E-state index in [0.717, 1.165) is 38.0 Å². The number of benzene rings is 2. The number of amides is 2. The lowest BCUT2D eigenvalue weighted by atomic mass is 9.76. The number of para-hydroxylation sites is 1. The Hall–Kier alpha value is -3.97. The number of anilines is 1. The van der Waals surface area contributed by atoms with Gasteiger partial charge in [0.25, 0.3) is 0 Å². The minimum atomic E-state index is -0.532. The molecule has 2 N–H and O–H groups in total. The van der Waals surface area contributed by atoms with Crippen molar-refractivity contribution in [2.24, 2.45) is 0 Å². The van der Waals surface area contributed by atoms with Gasteiger partial charge in [-0.25, -0.2) is 0 Å². The van der Waals surface area contributed by atoms with Crippen LogP contribution in [0.4, 0.5) is 5.69 Å². The summed E-state index contributed by atoms with van der Waals surface area (Å²) >= 11 is 0. The van der Waals surface area contributed by atoms with Crippen LogP contribution in [0.25, 0.3) is 0 Å². The van der Waals surface area contributed by atoms with E-state index in [0.29, 0.717) is 26.1 Å². The van der Waals surface area contributed by atoms with Gasteiger partial charge in [-0.1, -0.05) is 54.6 Å². The average molecular weight is 552 g/mol. The number of rotatable bonds is 6. The Balaban J connectivity index is 0.00000108. The van der Waals surface area contributed by atoms with Gasteiger partial charge in [0, 0.05) is 43.1 Å². The molecule has 1 aromatic heterocycles. The molecule has 2 amide bonds. The predicted octanol–water partition coefficient (Wildman–Crippen LogP) is 4.46. The minimum Gasteiger partial charge on any atom is -0.352 e. The van der Waals surface area contributed by atoms with E-state index < -0.39 is 5.54 Å². The number of nitrogens with zero attached hydrogens (tertiary/aromatic N) is 3. The first-order valence-electron chi connectivity index (χ1n) is 14.7. The summed E-state index contributed by atoms with van der Waals surface area (Å²) in [5.74, 6) is 0.390. The van der Waals surface area contributed by atoms with Gasteiger partial charge in [-0.2, -0.15) is 0 Å². The molecule has 2 fully saturated rings. The third-order valence-corrected chi connectivity index (χ3v) is 8.65. The Labute approximate surface area is 243 Å². The molecular weight excluding hydrogens is 510 g/mol. The number of pyridine rings is 1. The lowest BCUT2D eigenvalue weighted by molar-refractivity contribution is -0.126. The van der Waals surface area contributed by atoms with Gasteiger partial charge in [-0.15, -0.1) is 6.58 Å². The van der Waals surface area contributed by atoms with Crippen molar-refractivity contribution in [1.29, 1.82) is 0 Å². The van der Waals surface area contributed by atoms with Gasteiger partial charge in [0.2, 0.25) is 11.8 Å². The summed E-state index contributed by atoms with van der Waals surface area (Å²) in [4.78, 5) is 35.0. The second-order valence-corrected chi connectivity index (χ2v) is 11.2. The van der Waals surface area contributed by atoms with Gasteiger partial charge in [-0.3, -0.25) is 19.5 Å². The van der Waals surface area contributed by atoms with Crippen LogP contribution in [0.5, 0.6) is 0 Å². The Morgan fingerprint density at radius 3 is 2.56 bits per heavy atom. The third kappa shape index (κ3) is 6.35. The largest absolute Gasteiger partial charge is 0.352 e. The number of likely N-dealkylation sites (tertiary alicyclic amines) is 1. The van der Waals surface area contributed by atoms with Crippen molar-refractivity contribution in [2.75, 3.05) is 31.2 Å². The number of fused-ring (bicyclic) bond motifs is 1. The Morgan fingerprint density at radius 1 is 1.10 bits per heavy atom. The zero-order valence-corrected chi connectivity index (χ0v) is 24.0. The van der Waals surface area contributed by atoms with Crippen LogP contribution in [0, 0.1) is 0 Å². The zero-order valence-electron chi connectivity index (χ0n) is 24.0. The number of allylic oxidation sites excluding steroid dienone is 1. The lowest BCUT2D eigenvalue weighted by Crippen LogP contribution is -2.57. The van der Waals surface area contributed by atoms with E-state index in [4.69, 9.17) is 0 Å². The van der Waals surface area contributed by atoms with Crippen LogP contribution in [0.3, 0.4) is 0 Å². The van der Waals surface area contributed by atoms with Gasteiger partial charge in [0.1, 0.15) is 5.54 Å². The van der Waals surface area contributed by atoms with E-state index in [2.05, 4.69) is 74.5 Å². The molecule has 2 atom stereocenters. The molecule has 1 aliphatic carbocycles. The molecule has 41 heavy (non-hydrogen) atoms. The molecule has 0 saturated carbocycles. The molecular formula is C34H41N5O2. The highest BCUT2D eigenvalue weighted by molar-refractivity contribution is 5.93. The van der Waals surface area contributed by atoms with E-state index >= 15 is 0 Å². The maximum Gasteiger partial charge on any atom is 0.247 e. The average Bonchev–Trinajstić information content (AvgIpc) is 3.31. The number of hydrogen-bond acceptors (Lipinski definition) is 5. The summed E-state index contributed by atoms with van der Waals surface area (Å²) in [5, 5.41) is 6.45. The summed E-state index contributed by atoms with van der Waals surface area (Å²) in [5.41, 5.74) is 4.44. The molecule has 214 valence electrons. The molecule has 1 spiro atoms. The van der Waals surface area contributed by atoms with E-state index in [-0.39, 0.29) is 23.8 Å². The summed E-state index contributed by atoms with van der Waals surface area (Å²) < 4.78 is 0. The summed E-state index contributed by atoms with van der Waals surface area (Å²) in [6.07, 6.45) is 9.66. The van der Waals surface area contributed by atoms with Crippen LogP contribution < -0.4 is 15.5 Å². The molecule has 7 heteroatoms. The molecule has 2 unspecified atom stereocenters. The van der Waals surface area contributed by atoms with E-state index in [1.807, 2.05) is 37.4 Å². The number of nitrogens with one attached hydrogen (secondary N) is 2. The maximum absolute atomic E-state index is 13.3. The van der Waals surface area contributed by atoms with Crippen LogP contribution in [0.2, 0.25) is 0 Å². The second kappa shape index (κ2) is 13.1. The number of aryl methyl sites for hydroxylation is 1. The number of carbonyl (C=O) groups is 2. The van der Waals surface area contributed by atoms with Gasteiger partial charge < -0.3 is 15.5 Å². The van der Waals surface area contributed by atoms with Gasteiger partial charge >= 0.3 is 0 Å². The number of hydrogen-bond donors (Lipinski definition) is 2. The fourth-order valence-electron chi connectivity index (χ4n) is 6.62. The number of carbonyl (C=O) groups excluding carboxylic acids is 2. The molecule has 3 aliphatic rings. The summed E-state index contributed by atoms with van der Waals surface area (Å²) in [7, 11) is 0. The van der Waals surface area contributed by atoms with E-state index in [1.165, 1.54) is 16.7 Å². The van der Waals surface area contributed by atoms with Crippen molar-refractivity contribution in [3.8, 4) is 0 Å². The molecule has 3 heterocycles. The van der Waals surface area contributed by atoms with Crippen LogP contribution in [-0.2, 0) is 22.4 Å². The zero-order chi connectivity index (χ0) is 28.7. The van der Waals surface area contributed by atoms with Crippen molar-refractivity contribution in [3.63, 3.8) is 0 Å². The highest BCUT2D eigenvalue weighted by Gasteiger charge is 2.50. The standard InChI is InChI=1S/C31H35N5O2.C3H6/c37-29(21-35-17-14-31(15-18-35)30(38)33-22-36(31)25-9-2-1-3-10-25)34-28-13-12-24-8-4-5-11-26(24)27(28)19-23-7-6-16-32-20-23;1-3-2/h1-11,16,20,27-28H,12-15,17-19,21-22H2,(H,33,38)(H,34,37);3H,1H2,2H3. The SMILES string of the molecule is C=CC.O=C(CN1CCC2(CC1)C(=O)NCN2c1ccccc1)NC1CCc2ccccc2C1Cc1cccnc1. The van der Waals surface area contributed by atoms with E-state index in [1.54, 1.807) is 12.3 Å². The highest BCUT2D eigenvalue weighted by atomic mass is 16.2. The minimum absolute atomic E-state index is 0.0670. The molecule has 2 saturated heterocycles. The van der Waals surface area contributed by atoms with E-state index in [9.17, 15) is 9.59 Å². The van der Waals surface area contributed by atoms with Crippen molar-refractivity contribution in [2.45, 2.75) is 56.5 Å². The van der Waals surface area contributed by atoms with Crippen molar-refractivity contribution < 1.29 is 9.59 Å². The summed E-state index contributed by atoms with van der Waals surface area (Å²) in [6, 6.07) is 22.9. The van der Waals surface area contributed by atoms with Gasteiger partial charge in [-0.05, 0) is 73.9 Å². The molecule has 6 rings (SSSR count). The molecule has 0 radical (unpaired) electrons. The van der Waals surface area contributed by atoms with Gasteiger partial charge in [0.05, 0.1) is 13.2 Å². The lowest BCUT2D eigenvalue weighted by Gasteiger charge is -2.43. The molecule has 2 aliphatic heterocycles. The van der Waals surface area contributed by atoms with Crippen molar-refractivity contribution in [3.05, 3.63) is 108 Å². The molecule has 0 bridgehead atoms. The van der Waals surface area contributed by atoms with Crippen LogP contribution >= 0.6 is 0 Å². The Morgan fingerprint density at radius 2 is 1.83 bits per heavy atom. The Kier molecular flexibility index (Phi) is 9.14. The first-order valence-corrected chi connectivity index (χ1v) is 14.7. The van der Waals surface area contributed by atoms with Gasteiger partial charge in [0.15, 0.2) is 0 Å². The third-order valence-electron chi connectivity index (χ3n) is 8.65. The highest BCUT2D eigenvalue weighted by Crippen LogP contribution is 2.37. The van der Waals surface area contributed by atoms with Crippen molar-refractivity contribution in [1.82, 2.24) is 20.5 Å². The monoisotopic (exact) mass is 551 g/mol. The fourth-order valence-corrected chi connectivity index (χ4v) is 6.62. The number of piperidine rings is 1. The fraction of sp³-hybridized carbons (Fsp3) is 0.382. The normalized spacial score (nSPS) is 21.3. The maximum atomic E-state index is 13.3. The quantitative estimate of drug-likeness (QED) is 0.443. The smallest absolute Gasteiger partial charge is 0.247 e. The second-order valence-electron chi connectivity index (χ2n) is 11.2. The topological polar surface area (TPSA) is 77.6 Å². The first-order chi connectivity index (χ1) is 20.0. The van der Waals surface area contributed by atoms with Crippen LogP contribution in [0.1, 0.15) is 48.8 Å². The molecule has 3 aromatic rings. The molecule has 7 nitrogen and oxygen atoms in total. The molecule has 2 aromatic carbocycles.